The van der Waals surface area contributed by atoms with E-state index in [0.29, 0.717) is 6.42 Å². The highest BCUT2D eigenvalue weighted by molar-refractivity contribution is 5.75. The van der Waals surface area contributed by atoms with E-state index in [1.807, 2.05) is 72.1 Å². The SMILES string of the molecule is CC.CC.CC(=O)CCc1ccccc1.CNC. The maximum atomic E-state index is 10.6. The molecule has 18 heavy (non-hydrogen) atoms. The normalized spacial score (nSPS) is 7.50. The summed E-state index contributed by atoms with van der Waals surface area (Å²) in [7, 11) is 3.75. The zero-order valence-corrected chi connectivity index (χ0v) is 13.2. The summed E-state index contributed by atoms with van der Waals surface area (Å²) in [6, 6.07) is 10.1. The van der Waals surface area contributed by atoms with Gasteiger partial charge in [-0.05, 0) is 33.0 Å². The van der Waals surface area contributed by atoms with Gasteiger partial charge in [0.2, 0.25) is 0 Å². The maximum Gasteiger partial charge on any atom is 0.130 e. The van der Waals surface area contributed by atoms with Gasteiger partial charge in [-0.2, -0.15) is 0 Å². The Bertz CT molecular complexity index is 245. The molecule has 1 aromatic rings. The predicted octanol–water partition coefficient (Wildman–Crippen LogP) is 4.10. The van der Waals surface area contributed by atoms with Crippen LogP contribution in [0.15, 0.2) is 30.3 Å². The first-order valence-corrected chi connectivity index (χ1v) is 6.82. The van der Waals surface area contributed by atoms with E-state index in [1.165, 1.54) is 5.56 Å². The molecule has 0 heterocycles. The van der Waals surface area contributed by atoms with Gasteiger partial charge in [0, 0.05) is 6.42 Å². The van der Waals surface area contributed by atoms with Crippen molar-refractivity contribution in [3.63, 3.8) is 0 Å². The Labute approximate surface area is 114 Å². The largest absolute Gasteiger partial charge is 0.323 e. The lowest BCUT2D eigenvalue weighted by Crippen LogP contribution is -1.92. The van der Waals surface area contributed by atoms with Crippen molar-refractivity contribution in [1.29, 1.82) is 0 Å². The van der Waals surface area contributed by atoms with E-state index in [4.69, 9.17) is 0 Å². The molecule has 0 spiro atoms. The van der Waals surface area contributed by atoms with Crippen molar-refractivity contribution in [2.75, 3.05) is 14.1 Å². The van der Waals surface area contributed by atoms with Crippen LogP contribution in [-0.2, 0) is 11.2 Å². The van der Waals surface area contributed by atoms with Crippen LogP contribution < -0.4 is 5.32 Å². The van der Waals surface area contributed by atoms with Gasteiger partial charge < -0.3 is 10.1 Å². The number of ketones is 1. The predicted molar refractivity (Wildman–Crippen MR) is 83.1 cm³/mol. The quantitative estimate of drug-likeness (QED) is 0.879. The lowest BCUT2D eigenvalue weighted by atomic mass is 10.1. The van der Waals surface area contributed by atoms with Gasteiger partial charge in [-0.3, -0.25) is 0 Å². The monoisotopic (exact) mass is 253 g/mol. The summed E-state index contributed by atoms with van der Waals surface area (Å²) in [6.45, 7) is 9.63. The smallest absolute Gasteiger partial charge is 0.130 e. The number of carbonyl (C=O) groups is 1. The fourth-order valence-electron chi connectivity index (χ4n) is 0.965. The molecule has 2 nitrogen and oxygen atoms in total. The second-order valence-electron chi connectivity index (χ2n) is 3.19. The molecule has 106 valence electrons. The Kier molecular flexibility index (Phi) is 26.0. The van der Waals surface area contributed by atoms with E-state index in [0.717, 1.165) is 6.42 Å². The van der Waals surface area contributed by atoms with Crippen molar-refractivity contribution < 1.29 is 4.79 Å². The van der Waals surface area contributed by atoms with Crippen LogP contribution in [0.4, 0.5) is 0 Å². The van der Waals surface area contributed by atoms with E-state index < -0.39 is 0 Å². The minimum atomic E-state index is 0.258. The molecule has 0 aliphatic heterocycles. The molecule has 0 bridgehead atoms. The standard InChI is InChI=1S/C10H12O.C2H7N.2C2H6/c1-9(11)7-8-10-5-3-2-4-6-10;1-3-2;2*1-2/h2-6H,7-8H2,1H3;3H,1-2H3;2*1-2H3. The Morgan fingerprint density at radius 3 is 1.72 bits per heavy atom. The van der Waals surface area contributed by atoms with Crippen LogP contribution in [0.2, 0.25) is 0 Å². The molecule has 0 aliphatic carbocycles. The maximum absolute atomic E-state index is 10.6. The summed E-state index contributed by atoms with van der Waals surface area (Å²) in [6.07, 6.45) is 1.53. The van der Waals surface area contributed by atoms with Gasteiger partial charge in [-0.15, -0.1) is 0 Å². The molecule has 0 saturated carbocycles. The Balaban J connectivity index is -0.000000274. The van der Waals surface area contributed by atoms with Gasteiger partial charge in [0.1, 0.15) is 5.78 Å². The number of carbonyl (C=O) groups excluding carboxylic acids is 1. The van der Waals surface area contributed by atoms with Crippen molar-refractivity contribution in [2.24, 2.45) is 0 Å². The number of hydrogen-bond donors (Lipinski definition) is 1. The van der Waals surface area contributed by atoms with Crippen LogP contribution in [0.25, 0.3) is 0 Å². The molecule has 0 aromatic heterocycles. The molecule has 1 aromatic carbocycles. The zero-order valence-electron chi connectivity index (χ0n) is 13.2. The van der Waals surface area contributed by atoms with E-state index in [9.17, 15) is 4.79 Å². The number of Topliss-reactive ketones (excluding diaryl/α,β-unsaturated/α-hetero) is 1. The molecule has 1 N–H and O–H groups in total. The fourth-order valence-corrected chi connectivity index (χ4v) is 0.965. The Hall–Kier alpha value is -1.15. The van der Waals surface area contributed by atoms with Gasteiger partial charge in [-0.25, -0.2) is 0 Å². The minimum absolute atomic E-state index is 0.258. The van der Waals surface area contributed by atoms with Crippen molar-refractivity contribution in [2.45, 2.75) is 47.5 Å². The topological polar surface area (TPSA) is 29.1 Å². The third-order valence-electron chi connectivity index (χ3n) is 1.61. The lowest BCUT2D eigenvalue weighted by molar-refractivity contribution is -0.116. The minimum Gasteiger partial charge on any atom is -0.323 e. The van der Waals surface area contributed by atoms with Crippen molar-refractivity contribution in [3.8, 4) is 0 Å². The highest BCUT2D eigenvalue weighted by atomic mass is 16.1. The second-order valence-corrected chi connectivity index (χ2v) is 3.19. The summed E-state index contributed by atoms with van der Waals surface area (Å²) >= 11 is 0. The third kappa shape index (κ3) is 20.3. The number of aryl methyl sites for hydroxylation is 1. The lowest BCUT2D eigenvalue weighted by Gasteiger charge is -1.96. The molecular formula is C16H31NO. The van der Waals surface area contributed by atoms with Crippen LogP contribution >= 0.6 is 0 Å². The number of benzene rings is 1. The zero-order chi connectivity index (χ0) is 14.8. The van der Waals surface area contributed by atoms with E-state index >= 15 is 0 Å². The first-order valence-electron chi connectivity index (χ1n) is 6.82. The average molecular weight is 253 g/mol. The highest BCUT2D eigenvalue weighted by Crippen LogP contribution is 2.01. The number of nitrogens with one attached hydrogen (secondary N) is 1. The van der Waals surface area contributed by atoms with Gasteiger partial charge >= 0.3 is 0 Å². The average Bonchev–Trinajstić information content (AvgIpc) is 2.43. The number of hydrogen-bond acceptors (Lipinski definition) is 2. The van der Waals surface area contributed by atoms with E-state index in [-0.39, 0.29) is 5.78 Å². The highest BCUT2D eigenvalue weighted by Gasteiger charge is 1.94. The van der Waals surface area contributed by atoms with Gasteiger partial charge in [0.05, 0.1) is 0 Å². The van der Waals surface area contributed by atoms with E-state index in [1.54, 1.807) is 6.92 Å². The van der Waals surface area contributed by atoms with Crippen LogP contribution in [0.1, 0.15) is 46.6 Å². The molecule has 2 heteroatoms. The summed E-state index contributed by atoms with van der Waals surface area (Å²) in [5.74, 6) is 0.258. The molecule has 1 rings (SSSR count). The summed E-state index contributed by atoms with van der Waals surface area (Å²) < 4.78 is 0. The molecule has 0 radical (unpaired) electrons. The van der Waals surface area contributed by atoms with Crippen molar-refractivity contribution in [3.05, 3.63) is 35.9 Å². The van der Waals surface area contributed by atoms with E-state index in [2.05, 4.69) is 5.32 Å². The molecular weight excluding hydrogens is 222 g/mol. The first kappa shape index (κ1) is 22.1. The first-order chi connectivity index (χ1) is 8.70. The molecule has 0 aliphatic rings. The summed E-state index contributed by atoms with van der Waals surface area (Å²) in [4.78, 5) is 10.6. The fraction of sp³-hybridized carbons (Fsp3) is 0.562. The van der Waals surface area contributed by atoms with Gasteiger partial charge in [0.15, 0.2) is 0 Å². The van der Waals surface area contributed by atoms with Crippen molar-refractivity contribution in [1.82, 2.24) is 5.32 Å². The molecule has 0 amide bonds. The van der Waals surface area contributed by atoms with Gasteiger partial charge in [-0.1, -0.05) is 58.0 Å². The van der Waals surface area contributed by atoms with Crippen LogP contribution in [0.5, 0.6) is 0 Å². The summed E-state index contributed by atoms with van der Waals surface area (Å²) in [5.41, 5.74) is 1.24. The Morgan fingerprint density at radius 2 is 1.39 bits per heavy atom. The Morgan fingerprint density at radius 1 is 1.00 bits per heavy atom. The number of rotatable bonds is 3. The molecule has 0 fully saturated rings. The summed E-state index contributed by atoms with van der Waals surface area (Å²) in [5, 5.41) is 2.75. The molecule has 0 unspecified atom stereocenters. The second kappa shape index (κ2) is 21.2. The van der Waals surface area contributed by atoms with Crippen LogP contribution in [0, 0.1) is 0 Å². The molecule has 0 atom stereocenters. The van der Waals surface area contributed by atoms with Crippen LogP contribution in [0.3, 0.4) is 0 Å². The van der Waals surface area contributed by atoms with Crippen molar-refractivity contribution >= 4 is 5.78 Å². The molecule has 0 saturated heterocycles. The third-order valence-corrected chi connectivity index (χ3v) is 1.61. The van der Waals surface area contributed by atoms with Crippen LogP contribution in [-0.4, -0.2) is 19.9 Å². The van der Waals surface area contributed by atoms with Gasteiger partial charge in [0.25, 0.3) is 0 Å².